The zero-order valence-corrected chi connectivity index (χ0v) is 13.2. The summed E-state index contributed by atoms with van der Waals surface area (Å²) in [5, 5.41) is 39.7. The van der Waals surface area contributed by atoms with Crippen LogP contribution in [0.1, 0.15) is 32.3 Å². The number of benzene rings is 1. The standard InChI is InChI=1S/C13H19F3N4O4/c1-3-5-18(6-4-2)11-9(19(21)22)7-8(13(14,15)16)10(17)12(11)20(23)24/h7,23-24H,3-6,17H2,1-2H3/q-2. The molecule has 0 aliphatic rings. The van der Waals surface area contributed by atoms with Crippen molar-refractivity contribution in [3.8, 4) is 0 Å². The van der Waals surface area contributed by atoms with E-state index in [0.29, 0.717) is 18.9 Å². The molecule has 0 radical (unpaired) electrons. The smallest absolute Gasteiger partial charge is 0.418 e. The molecule has 0 aromatic heterocycles. The van der Waals surface area contributed by atoms with Crippen LogP contribution in [0.2, 0.25) is 0 Å². The van der Waals surface area contributed by atoms with E-state index in [-0.39, 0.29) is 18.8 Å². The summed E-state index contributed by atoms with van der Waals surface area (Å²) >= 11 is 0. The number of nitrogen functional groups attached to an aromatic ring is 1. The minimum Gasteiger partial charge on any atom is -0.769 e. The summed E-state index contributed by atoms with van der Waals surface area (Å²) in [6.07, 6.45) is -3.92. The lowest BCUT2D eigenvalue weighted by Crippen LogP contribution is -2.30. The van der Waals surface area contributed by atoms with Crippen molar-refractivity contribution < 1.29 is 23.6 Å². The van der Waals surface area contributed by atoms with E-state index in [1.54, 1.807) is 13.8 Å². The quantitative estimate of drug-likeness (QED) is 0.505. The minimum atomic E-state index is -4.99. The van der Waals surface area contributed by atoms with Gasteiger partial charge in [0, 0.05) is 18.8 Å². The largest absolute Gasteiger partial charge is 0.769 e. The highest BCUT2D eigenvalue weighted by Gasteiger charge is 2.37. The third kappa shape index (κ3) is 4.12. The predicted octanol–water partition coefficient (Wildman–Crippen LogP) is 3.30. The number of anilines is 4. The molecule has 1 aromatic rings. The first kappa shape index (κ1) is 20.1. The van der Waals surface area contributed by atoms with Gasteiger partial charge >= 0.3 is 6.18 Å². The summed E-state index contributed by atoms with van der Waals surface area (Å²) in [5.74, 6) is 0. The average molecular weight is 352 g/mol. The Hall–Kier alpha value is -1.95. The Morgan fingerprint density at radius 1 is 1.08 bits per heavy atom. The fraction of sp³-hybridized carbons (Fsp3) is 0.538. The highest BCUT2D eigenvalue weighted by Crippen LogP contribution is 2.48. The van der Waals surface area contributed by atoms with Gasteiger partial charge in [-0.15, -0.1) is 5.23 Å². The van der Waals surface area contributed by atoms with Crippen LogP contribution in [0.15, 0.2) is 6.07 Å². The van der Waals surface area contributed by atoms with Gasteiger partial charge in [0.25, 0.3) is 0 Å². The van der Waals surface area contributed by atoms with E-state index < -0.39 is 39.3 Å². The molecule has 0 amide bonds. The van der Waals surface area contributed by atoms with Crippen LogP contribution >= 0.6 is 0 Å². The van der Waals surface area contributed by atoms with Crippen LogP contribution in [-0.4, -0.2) is 23.5 Å². The Morgan fingerprint density at radius 2 is 1.58 bits per heavy atom. The predicted molar refractivity (Wildman–Crippen MR) is 83.9 cm³/mol. The van der Waals surface area contributed by atoms with Crippen molar-refractivity contribution in [1.29, 1.82) is 0 Å². The van der Waals surface area contributed by atoms with Crippen LogP contribution in [0.4, 0.5) is 35.9 Å². The number of nitrogens with zero attached hydrogens (tertiary/aromatic N) is 3. The average Bonchev–Trinajstić information content (AvgIpc) is 2.44. The van der Waals surface area contributed by atoms with Crippen molar-refractivity contribution in [2.75, 3.05) is 34.2 Å². The second-order valence-electron chi connectivity index (χ2n) is 5.09. The molecule has 0 fully saturated rings. The van der Waals surface area contributed by atoms with Gasteiger partial charge in [-0.3, -0.25) is 10.4 Å². The molecule has 138 valence electrons. The fourth-order valence-electron chi connectivity index (χ4n) is 2.42. The molecular formula is C13H19F3N4O4-2. The Bertz CT molecular complexity index is 561. The molecule has 8 nitrogen and oxygen atoms in total. The Kier molecular flexibility index (Phi) is 6.49. The van der Waals surface area contributed by atoms with Gasteiger partial charge in [0.15, 0.2) is 0 Å². The van der Waals surface area contributed by atoms with E-state index in [4.69, 9.17) is 5.73 Å². The second kappa shape index (κ2) is 7.75. The van der Waals surface area contributed by atoms with Crippen LogP contribution < -0.4 is 21.1 Å². The SMILES string of the molecule is CCCN(CCC)c1c(N([O-])[O-])cc(C(F)(F)F)c(N)c1N(O)O. The first-order valence-corrected chi connectivity index (χ1v) is 7.17. The normalized spacial score (nSPS) is 11.5. The third-order valence-electron chi connectivity index (χ3n) is 3.30. The highest BCUT2D eigenvalue weighted by molar-refractivity contribution is 5.93. The maximum atomic E-state index is 13.1. The number of rotatable bonds is 7. The summed E-state index contributed by atoms with van der Waals surface area (Å²) < 4.78 is 39.2. The molecule has 0 aliphatic heterocycles. The maximum absolute atomic E-state index is 13.1. The summed E-state index contributed by atoms with van der Waals surface area (Å²) in [6.45, 7) is 4.08. The maximum Gasteiger partial charge on any atom is 0.418 e. The highest BCUT2D eigenvalue weighted by atomic mass is 19.4. The van der Waals surface area contributed by atoms with E-state index >= 15 is 0 Å². The number of alkyl halides is 3. The summed E-state index contributed by atoms with van der Waals surface area (Å²) in [5.41, 5.74) is 0.813. The molecule has 4 N–H and O–H groups in total. The molecule has 1 rings (SSSR count). The van der Waals surface area contributed by atoms with E-state index in [1.807, 2.05) is 0 Å². The van der Waals surface area contributed by atoms with Crippen LogP contribution in [-0.2, 0) is 6.18 Å². The molecule has 0 atom stereocenters. The lowest BCUT2D eigenvalue weighted by Gasteiger charge is -2.43. The van der Waals surface area contributed by atoms with Crippen molar-refractivity contribution >= 4 is 22.7 Å². The van der Waals surface area contributed by atoms with Gasteiger partial charge in [-0.05, 0) is 18.9 Å². The monoisotopic (exact) mass is 352 g/mol. The van der Waals surface area contributed by atoms with Crippen LogP contribution in [0.25, 0.3) is 0 Å². The Balaban J connectivity index is 3.80. The third-order valence-corrected chi connectivity index (χ3v) is 3.30. The lowest BCUT2D eigenvalue weighted by atomic mass is 10.1. The number of hydrogen-bond acceptors (Lipinski definition) is 8. The molecule has 0 aliphatic carbocycles. The van der Waals surface area contributed by atoms with Crippen molar-refractivity contribution in [3.05, 3.63) is 22.0 Å². The minimum absolute atomic E-state index is 0.264. The molecule has 0 unspecified atom stereocenters. The molecule has 11 heteroatoms. The molecule has 1 aromatic carbocycles. The molecule has 24 heavy (non-hydrogen) atoms. The van der Waals surface area contributed by atoms with Gasteiger partial charge in [0.2, 0.25) is 0 Å². The van der Waals surface area contributed by atoms with Gasteiger partial charge in [-0.2, -0.15) is 13.2 Å². The van der Waals surface area contributed by atoms with Crippen molar-refractivity contribution in [1.82, 2.24) is 0 Å². The zero-order valence-electron chi connectivity index (χ0n) is 13.2. The summed E-state index contributed by atoms with van der Waals surface area (Å²) in [7, 11) is 0. The van der Waals surface area contributed by atoms with Crippen molar-refractivity contribution in [3.63, 3.8) is 0 Å². The number of halogens is 3. The molecule has 0 bridgehead atoms. The topological polar surface area (TPSA) is 122 Å². The first-order valence-electron chi connectivity index (χ1n) is 7.17. The molecule has 0 saturated heterocycles. The van der Waals surface area contributed by atoms with Crippen molar-refractivity contribution in [2.45, 2.75) is 32.9 Å². The van der Waals surface area contributed by atoms with Gasteiger partial charge in [0.1, 0.15) is 5.69 Å². The van der Waals surface area contributed by atoms with Gasteiger partial charge in [-0.1, -0.05) is 13.8 Å². The molecule has 0 spiro atoms. The lowest BCUT2D eigenvalue weighted by molar-refractivity contribution is -0.136. The summed E-state index contributed by atoms with van der Waals surface area (Å²) in [6, 6.07) is 0.315. The van der Waals surface area contributed by atoms with E-state index in [1.165, 1.54) is 4.90 Å². The number of hydrogen-bond donors (Lipinski definition) is 3. The Labute approximate surface area is 136 Å². The second-order valence-corrected chi connectivity index (χ2v) is 5.09. The summed E-state index contributed by atoms with van der Waals surface area (Å²) in [4.78, 5) is 1.41. The van der Waals surface area contributed by atoms with Crippen LogP contribution in [0.3, 0.4) is 0 Å². The van der Waals surface area contributed by atoms with E-state index in [0.717, 1.165) is 0 Å². The van der Waals surface area contributed by atoms with E-state index in [9.17, 15) is 34.0 Å². The van der Waals surface area contributed by atoms with Crippen molar-refractivity contribution in [2.24, 2.45) is 0 Å². The molecule has 0 heterocycles. The van der Waals surface area contributed by atoms with E-state index in [2.05, 4.69) is 0 Å². The van der Waals surface area contributed by atoms with Crippen LogP contribution in [0, 0.1) is 10.4 Å². The Morgan fingerprint density at radius 3 is 1.92 bits per heavy atom. The van der Waals surface area contributed by atoms with Crippen LogP contribution in [0.5, 0.6) is 0 Å². The van der Waals surface area contributed by atoms with Gasteiger partial charge in [0.05, 0.1) is 16.9 Å². The van der Waals surface area contributed by atoms with Gasteiger partial charge in [-0.25, -0.2) is 0 Å². The molecule has 0 saturated carbocycles. The van der Waals surface area contributed by atoms with Gasteiger partial charge < -0.3 is 26.3 Å². The fourth-order valence-corrected chi connectivity index (χ4v) is 2.42. The zero-order chi connectivity index (χ0) is 18.7. The first-order chi connectivity index (χ1) is 11.1. The number of nitrogens with two attached hydrogens (primary N) is 1. The molecular weight excluding hydrogens is 333 g/mol.